The van der Waals surface area contributed by atoms with E-state index in [0.717, 1.165) is 22.0 Å². The van der Waals surface area contributed by atoms with Crippen LogP contribution in [0.1, 0.15) is 32.9 Å². The van der Waals surface area contributed by atoms with E-state index in [1.54, 1.807) is 23.9 Å². The molecule has 0 aliphatic carbocycles. The van der Waals surface area contributed by atoms with Gasteiger partial charge in [-0.2, -0.15) is 0 Å². The highest BCUT2D eigenvalue weighted by molar-refractivity contribution is 6.05. The van der Waals surface area contributed by atoms with Gasteiger partial charge in [0.2, 0.25) is 0 Å². The molecule has 29 heavy (non-hydrogen) atoms. The number of carbonyl (C=O) groups is 1. The molecule has 0 fully saturated rings. The van der Waals surface area contributed by atoms with Crippen LogP contribution in [0.3, 0.4) is 0 Å². The first-order valence-corrected chi connectivity index (χ1v) is 9.60. The zero-order chi connectivity index (χ0) is 21.3. The number of fused-ring (bicyclic) bond motifs is 3. The highest BCUT2D eigenvalue weighted by Crippen LogP contribution is 2.26. The van der Waals surface area contributed by atoms with E-state index < -0.39 is 11.6 Å². The van der Waals surface area contributed by atoms with E-state index in [9.17, 15) is 9.59 Å². The van der Waals surface area contributed by atoms with Crippen LogP contribution in [0.5, 0.6) is 5.75 Å². The molecule has 0 saturated carbocycles. The van der Waals surface area contributed by atoms with Gasteiger partial charge in [0, 0.05) is 23.7 Å². The number of pyridine rings is 2. The number of hydrogen-bond acceptors (Lipinski definition) is 4. The SMILES string of the molecule is Cc1cc2c3ccc(OC[C@@H](C)CC(C)(C)NC(=O)O)cc3c(=O)n(C)c2cn1. The van der Waals surface area contributed by atoms with E-state index in [1.807, 2.05) is 45.9 Å². The lowest BCUT2D eigenvalue weighted by Gasteiger charge is -2.28. The molecule has 0 radical (unpaired) electrons. The van der Waals surface area contributed by atoms with Crippen LogP contribution in [-0.2, 0) is 7.05 Å². The lowest BCUT2D eigenvalue weighted by Crippen LogP contribution is -2.44. The van der Waals surface area contributed by atoms with Gasteiger partial charge in [-0.3, -0.25) is 9.78 Å². The zero-order valence-electron chi connectivity index (χ0n) is 17.4. The van der Waals surface area contributed by atoms with Crippen molar-refractivity contribution in [3.05, 3.63) is 46.5 Å². The first kappa shape index (κ1) is 20.6. The molecule has 154 valence electrons. The Morgan fingerprint density at radius 2 is 2.00 bits per heavy atom. The number of benzene rings is 1. The molecule has 3 rings (SSSR count). The normalized spacial score (nSPS) is 12.9. The molecule has 1 amide bonds. The minimum atomic E-state index is -1.04. The third-order valence-corrected chi connectivity index (χ3v) is 5.04. The second-order valence-electron chi connectivity index (χ2n) is 8.35. The fraction of sp³-hybridized carbons (Fsp3) is 0.409. The summed E-state index contributed by atoms with van der Waals surface area (Å²) in [6.07, 6.45) is 1.32. The Morgan fingerprint density at radius 1 is 1.28 bits per heavy atom. The van der Waals surface area contributed by atoms with Gasteiger partial charge >= 0.3 is 6.09 Å². The first-order chi connectivity index (χ1) is 13.6. The number of aryl methyl sites for hydroxylation is 2. The third-order valence-electron chi connectivity index (χ3n) is 5.04. The number of hydrogen-bond donors (Lipinski definition) is 2. The van der Waals surface area contributed by atoms with Crippen molar-refractivity contribution in [2.45, 2.75) is 39.7 Å². The van der Waals surface area contributed by atoms with Crippen molar-refractivity contribution in [1.29, 1.82) is 0 Å². The first-order valence-electron chi connectivity index (χ1n) is 9.60. The van der Waals surface area contributed by atoms with Gasteiger partial charge in [0.25, 0.3) is 5.56 Å². The Labute approximate surface area is 169 Å². The van der Waals surface area contributed by atoms with Gasteiger partial charge < -0.3 is 19.7 Å². The van der Waals surface area contributed by atoms with Crippen LogP contribution in [0.15, 0.2) is 35.3 Å². The molecule has 2 N–H and O–H groups in total. The second-order valence-corrected chi connectivity index (χ2v) is 8.35. The van der Waals surface area contributed by atoms with E-state index in [2.05, 4.69) is 10.3 Å². The summed E-state index contributed by atoms with van der Waals surface area (Å²) in [4.78, 5) is 28.0. The van der Waals surface area contributed by atoms with E-state index in [4.69, 9.17) is 9.84 Å². The highest BCUT2D eigenvalue weighted by Gasteiger charge is 2.23. The maximum atomic E-state index is 12.8. The summed E-state index contributed by atoms with van der Waals surface area (Å²) in [6, 6.07) is 7.54. The Bertz CT molecular complexity index is 1130. The van der Waals surface area contributed by atoms with Gasteiger partial charge in [0.05, 0.1) is 23.7 Å². The number of ether oxygens (including phenoxy) is 1. The van der Waals surface area contributed by atoms with Crippen LogP contribution in [-0.4, -0.2) is 32.9 Å². The number of aromatic nitrogens is 2. The highest BCUT2D eigenvalue weighted by atomic mass is 16.5. The lowest BCUT2D eigenvalue weighted by atomic mass is 9.92. The molecule has 7 heteroatoms. The fourth-order valence-electron chi connectivity index (χ4n) is 3.86. The number of carboxylic acid groups (broad SMARTS) is 1. The quantitative estimate of drug-likeness (QED) is 0.616. The smallest absolute Gasteiger partial charge is 0.405 e. The average Bonchev–Trinajstić information content (AvgIpc) is 2.62. The van der Waals surface area contributed by atoms with Crippen LogP contribution in [0.25, 0.3) is 21.7 Å². The maximum Gasteiger partial charge on any atom is 0.405 e. The molecule has 0 saturated heterocycles. The van der Waals surface area contributed by atoms with Crippen LogP contribution < -0.4 is 15.6 Å². The summed E-state index contributed by atoms with van der Waals surface area (Å²) in [5, 5.41) is 13.9. The predicted molar refractivity (Wildman–Crippen MR) is 114 cm³/mol. The summed E-state index contributed by atoms with van der Waals surface area (Å²) in [5.41, 5.74) is 1.05. The molecular formula is C22H27N3O4. The Hall–Kier alpha value is -3.09. The van der Waals surface area contributed by atoms with Crippen molar-refractivity contribution < 1.29 is 14.6 Å². The van der Waals surface area contributed by atoms with Gasteiger partial charge in [-0.1, -0.05) is 6.92 Å². The minimum absolute atomic E-state index is 0.0940. The van der Waals surface area contributed by atoms with Crippen molar-refractivity contribution in [2.75, 3.05) is 6.61 Å². The molecule has 1 aromatic carbocycles. The summed E-state index contributed by atoms with van der Waals surface area (Å²) in [6.45, 7) is 8.05. The Balaban J connectivity index is 1.85. The van der Waals surface area contributed by atoms with Crippen molar-refractivity contribution >= 4 is 27.8 Å². The number of amides is 1. The Morgan fingerprint density at radius 3 is 2.69 bits per heavy atom. The van der Waals surface area contributed by atoms with E-state index in [0.29, 0.717) is 24.2 Å². The molecule has 0 aliphatic heterocycles. The van der Waals surface area contributed by atoms with Crippen LogP contribution in [0, 0.1) is 12.8 Å². The van der Waals surface area contributed by atoms with Gasteiger partial charge in [0.15, 0.2) is 0 Å². The molecule has 0 bridgehead atoms. The van der Waals surface area contributed by atoms with Crippen LogP contribution in [0.4, 0.5) is 4.79 Å². The summed E-state index contributed by atoms with van der Waals surface area (Å²) < 4.78 is 7.53. The van der Waals surface area contributed by atoms with Crippen LogP contribution >= 0.6 is 0 Å². The summed E-state index contributed by atoms with van der Waals surface area (Å²) in [7, 11) is 1.74. The summed E-state index contributed by atoms with van der Waals surface area (Å²) in [5.74, 6) is 0.747. The molecule has 3 aromatic rings. The van der Waals surface area contributed by atoms with Gasteiger partial charge in [-0.25, -0.2) is 4.79 Å². The van der Waals surface area contributed by atoms with E-state index in [-0.39, 0.29) is 11.5 Å². The zero-order valence-corrected chi connectivity index (χ0v) is 17.4. The van der Waals surface area contributed by atoms with Gasteiger partial charge in [-0.05, 0) is 62.8 Å². The van der Waals surface area contributed by atoms with Crippen molar-refractivity contribution in [3.63, 3.8) is 0 Å². The van der Waals surface area contributed by atoms with Crippen molar-refractivity contribution in [1.82, 2.24) is 14.9 Å². The topological polar surface area (TPSA) is 93.5 Å². The molecule has 0 spiro atoms. The standard InChI is InChI=1S/C22H27N3O4/c1-13(10-22(3,4)24-21(27)28)12-29-15-6-7-16-17-8-14(2)23-11-19(17)25(5)20(26)18(16)9-15/h6-9,11,13,24H,10,12H2,1-5H3,(H,27,28)/t13-/m0/s1. The predicted octanol–water partition coefficient (Wildman–Crippen LogP) is 3.85. The molecule has 2 heterocycles. The van der Waals surface area contributed by atoms with Crippen LogP contribution in [0.2, 0.25) is 0 Å². The minimum Gasteiger partial charge on any atom is -0.493 e. The number of nitrogens with one attached hydrogen (secondary N) is 1. The largest absolute Gasteiger partial charge is 0.493 e. The van der Waals surface area contributed by atoms with Crippen molar-refractivity contribution in [3.8, 4) is 5.75 Å². The fourth-order valence-corrected chi connectivity index (χ4v) is 3.86. The number of rotatable bonds is 6. The summed E-state index contributed by atoms with van der Waals surface area (Å²) >= 11 is 0. The van der Waals surface area contributed by atoms with E-state index in [1.165, 1.54) is 0 Å². The van der Waals surface area contributed by atoms with E-state index >= 15 is 0 Å². The molecule has 0 aliphatic rings. The van der Waals surface area contributed by atoms with Crippen molar-refractivity contribution in [2.24, 2.45) is 13.0 Å². The number of nitrogens with zero attached hydrogens (tertiary/aromatic N) is 2. The molecule has 7 nitrogen and oxygen atoms in total. The third kappa shape index (κ3) is 4.50. The molecule has 2 aromatic heterocycles. The maximum absolute atomic E-state index is 12.8. The lowest BCUT2D eigenvalue weighted by molar-refractivity contribution is 0.169. The molecule has 0 unspecified atom stereocenters. The molecular weight excluding hydrogens is 370 g/mol. The average molecular weight is 397 g/mol. The Kier molecular flexibility index (Phi) is 5.50. The molecule has 1 atom stereocenters. The second kappa shape index (κ2) is 7.73. The van der Waals surface area contributed by atoms with Gasteiger partial charge in [0.1, 0.15) is 5.75 Å². The monoisotopic (exact) mass is 397 g/mol. The van der Waals surface area contributed by atoms with Gasteiger partial charge in [-0.15, -0.1) is 0 Å².